The summed E-state index contributed by atoms with van der Waals surface area (Å²) >= 11 is 1.26. The van der Waals surface area contributed by atoms with Crippen LogP contribution in [0.4, 0.5) is 4.79 Å². The molecule has 11 heteroatoms. The molecule has 1 aliphatic rings. The topological polar surface area (TPSA) is 118 Å². The van der Waals surface area contributed by atoms with Gasteiger partial charge in [0.2, 0.25) is 5.91 Å². The number of carbonyl (C=O) groups excluding carboxylic acids is 4. The molecule has 1 saturated heterocycles. The summed E-state index contributed by atoms with van der Waals surface area (Å²) in [4.78, 5) is 57.7. The third-order valence-corrected chi connectivity index (χ3v) is 6.63. The number of aromatic nitrogens is 1. The van der Waals surface area contributed by atoms with Crippen molar-refractivity contribution < 1.29 is 28.7 Å². The lowest BCUT2D eigenvalue weighted by Crippen LogP contribution is -2.52. The van der Waals surface area contributed by atoms with Crippen molar-refractivity contribution in [1.82, 2.24) is 20.1 Å². The van der Waals surface area contributed by atoms with E-state index in [1.54, 1.807) is 16.7 Å². The van der Waals surface area contributed by atoms with Crippen molar-refractivity contribution in [3.8, 4) is 10.6 Å². The van der Waals surface area contributed by atoms with Crippen LogP contribution in [0.15, 0.2) is 36.4 Å². The average Bonchev–Trinajstić information content (AvgIpc) is 3.36. The van der Waals surface area contributed by atoms with Crippen LogP contribution < -0.4 is 5.32 Å². The maximum atomic E-state index is 13.0. The molecule has 2 heterocycles. The van der Waals surface area contributed by atoms with Crippen LogP contribution >= 0.6 is 11.3 Å². The molecule has 3 amide bonds. The van der Waals surface area contributed by atoms with Gasteiger partial charge in [-0.3, -0.25) is 9.59 Å². The van der Waals surface area contributed by atoms with Gasteiger partial charge in [0.1, 0.15) is 10.7 Å². The molecule has 1 fully saturated rings. The van der Waals surface area contributed by atoms with Gasteiger partial charge in [-0.15, -0.1) is 11.3 Å². The quantitative estimate of drug-likeness (QED) is 0.286. The summed E-state index contributed by atoms with van der Waals surface area (Å²) < 4.78 is 10.1. The lowest BCUT2D eigenvalue weighted by atomic mass is 10.2. The van der Waals surface area contributed by atoms with Crippen LogP contribution in [0.25, 0.3) is 16.6 Å². The lowest BCUT2D eigenvalue weighted by Gasteiger charge is -2.34. The molecule has 0 unspecified atom stereocenters. The molecule has 0 saturated carbocycles. The number of nitrogens with zero attached hydrogens (tertiary/aromatic N) is 3. The number of piperazine rings is 1. The summed E-state index contributed by atoms with van der Waals surface area (Å²) in [6.07, 6.45) is 4.14. The van der Waals surface area contributed by atoms with Gasteiger partial charge in [-0.2, -0.15) is 0 Å². The zero-order valence-electron chi connectivity index (χ0n) is 21.1. The molecule has 2 aromatic rings. The van der Waals surface area contributed by atoms with Crippen LogP contribution in [0.2, 0.25) is 0 Å². The SMILES string of the molecule is CCCCOC(=O)N1CCN(C(=O)CNC(=O)c2nc(-c3ccccc3)sc2C=CC(=O)OCC)CC1. The normalized spacial score (nSPS) is 13.5. The standard InChI is InChI=1S/C26H32N4O6S/c1-3-5-17-36-26(34)30-15-13-29(14-16-30)21(31)18-27-24(33)23-20(11-12-22(32)35-4-2)37-25(28-23)19-9-7-6-8-10-19/h6-12H,3-5,13-18H2,1-2H3,(H,27,33). The van der Waals surface area contributed by atoms with E-state index in [1.807, 2.05) is 37.3 Å². The van der Waals surface area contributed by atoms with Crippen molar-refractivity contribution in [3.63, 3.8) is 0 Å². The molecule has 10 nitrogen and oxygen atoms in total. The molecule has 0 radical (unpaired) electrons. The minimum Gasteiger partial charge on any atom is -0.463 e. The second-order valence-electron chi connectivity index (χ2n) is 8.20. The number of hydrogen-bond donors (Lipinski definition) is 1. The maximum absolute atomic E-state index is 13.0. The van der Waals surface area contributed by atoms with E-state index in [1.165, 1.54) is 23.5 Å². The van der Waals surface area contributed by atoms with Gasteiger partial charge in [0.15, 0.2) is 0 Å². The number of thiazole rings is 1. The van der Waals surface area contributed by atoms with Gasteiger partial charge < -0.3 is 24.6 Å². The van der Waals surface area contributed by atoms with E-state index in [9.17, 15) is 19.2 Å². The number of hydrogen-bond acceptors (Lipinski definition) is 8. The summed E-state index contributed by atoms with van der Waals surface area (Å²) in [6, 6.07) is 9.37. The van der Waals surface area contributed by atoms with E-state index >= 15 is 0 Å². The van der Waals surface area contributed by atoms with Crippen LogP contribution in [-0.4, -0.2) is 84.6 Å². The highest BCUT2D eigenvalue weighted by Crippen LogP contribution is 2.29. The minimum absolute atomic E-state index is 0.122. The number of nitrogens with one attached hydrogen (secondary N) is 1. The largest absolute Gasteiger partial charge is 0.463 e. The number of amides is 3. The minimum atomic E-state index is -0.521. The summed E-state index contributed by atoms with van der Waals surface area (Å²) in [5.41, 5.74) is 0.955. The third kappa shape index (κ3) is 8.14. The molecule has 37 heavy (non-hydrogen) atoms. The van der Waals surface area contributed by atoms with E-state index < -0.39 is 11.9 Å². The molecule has 198 valence electrons. The smallest absolute Gasteiger partial charge is 0.409 e. The Morgan fingerprint density at radius 2 is 1.73 bits per heavy atom. The van der Waals surface area contributed by atoms with Crippen LogP contribution in [0.5, 0.6) is 0 Å². The summed E-state index contributed by atoms with van der Waals surface area (Å²) in [6.45, 7) is 5.62. The van der Waals surface area contributed by atoms with E-state index in [0.717, 1.165) is 18.4 Å². The van der Waals surface area contributed by atoms with Crippen molar-refractivity contribution in [2.24, 2.45) is 0 Å². The van der Waals surface area contributed by atoms with Crippen molar-refractivity contribution in [2.75, 3.05) is 45.9 Å². The van der Waals surface area contributed by atoms with Gasteiger partial charge in [0, 0.05) is 37.8 Å². The van der Waals surface area contributed by atoms with Gasteiger partial charge in [-0.25, -0.2) is 14.6 Å². The molecule has 1 aliphatic heterocycles. The Kier molecular flexibility index (Phi) is 10.6. The molecular formula is C26H32N4O6S. The van der Waals surface area contributed by atoms with Crippen LogP contribution in [-0.2, 0) is 19.1 Å². The van der Waals surface area contributed by atoms with Crippen molar-refractivity contribution >= 4 is 41.3 Å². The van der Waals surface area contributed by atoms with Gasteiger partial charge in [-0.1, -0.05) is 43.7 Å². The fourth-order valence-electron chi connectivity index (χ4n) is 3.53. The molecule has 0 aliphatic carbocycles. The summed E-state index contributed by atoms with van der Waals surface area (Å²) in [7, 11) is 0. The first kappa shape index (κ1) is 27.9. The number of unbranched alkanes of at least 4 members (excludes halogenated alkanes) is 1. The van der Waals surface area contributed by atoms with Crippen molar-refractivity contribution in [2.45, 2.75) is 26.7 Å². The first-order valence-corrected chi connectivity index (χ1v) is 13.1. The highest BCUT2D eigenvalue weighted by atomic mass is 32.1. The first-order valence-electron chi connectivity index (χ1n) is 12.3. The lowest BCUT2D eigenvalue weighted by molar-refractivity contribution is -0.137. The number of carbonyl (C=O) groups is 4. The third-order valence-electron chi connectivity index (χ3n) is 5.56. The molecule has 0 spiro atoms. The van der Waals surface area contributed by atoms with Gasteiger partial charge in [0.05, 0.1) is 24.6 Å². The number of benzene rings is 1. The molecule has 1 aromatic heterocycles. The Morgan fingerprint density at radius 1 is 1.03 bits per heavy atom. The molecule has 1 aromatic carbocycles. The van der Waals surface area contributed by atoms with Crippen molar-refractivity contribution in [3.05, 3.63) is 47.0 Å². The zero-order chi connectivity index (χ0) is 26.6. The highest BCUT2D eigenvalue weighted by Gasteiger charge is 2.26. The second-order valence-corrected chi connectivity index (χ2v) is 9.23. The Bertz CT molecular complexity index is 1110. The van der Waals surface area contributed by atoms with E-state index in [4.69, 9.17) is 9.47 Å². The summed E-state index contributed by atoms with van der Waals surface area (Å²) in [5, 5.41) is 3.25. The average molecular weight is 529 g/mol. The van der Waals surface area contributed by atoms with Crippen LogP contribution in [0.3, 0.4) is 0 Å². The van der Waals surface area contributed by atoms with Crippen LogP contribution in [0, 0.1) is 0 Å². The first-order chi connectivity index (χ1) is 17.9. The monoisotopic (exact) mass is 528 g/mol. The molecular weight excluding hydrogens is 496 g/mol. The molecule has 3 rings (SSSR count). The summed E-state index contributed by atoms with van der Waals surface area (Å²) in [5.74, 6) is -1.30. The van der Waals surface area contributed by atoms with Gasteiger partial charge >= 0.3 is 12.1 Å². The number of esters is 1. The number of ether oxygens (including phenoxy) is 2. The Hall–Kier alpha value is -3.73. The molecule has 1 N–H and O–H groups in total. The fourth-order valence-corrected chi connectivity index (χ4v) is 4.50. The van der Waals surface area contributed by atoms with E-state index in [0.29, 0.717) is 42.7 Å². The maximum Gasteiger partial charge on any atom is 0.409 e. The van der Waals surface area contributed by atoms with E-state index in [-0.39, 0.29) is 30.8 Å². The zero-order valence-corrected chi connectivity index (χ0v) is 21.9. The molecule has 0 atom stereocenters. The van der Waals surface area contributed by atoms with Crippen LogP contribution in [0.1, 0.15) is 42.1 Å². The molecule has 0 bridgehead atoms. The van der Waals surface area contributed by atoms with Gasteiger partial charge in [0.25, 0.3) is 5.91 Å². The fraction of sp³-hybridized carbons (Fsp3) is 0.423. The highest BCUT2D eigenvalue weighted by molar-refractivity contribution is 7.16. The van der Waals surface area contributed by atoms with Gasteiger partial charge in [-0.05, 0) is 19.4 Å². The predicted molar refractivity (Wildman–Crippen MR) is 140 cm³/mol. The number of rotatable bonds is 10. The Morgan fingerprint density at radius 3 is 2.41 bits per heavy atom. The second kappa shape index (κ2) is 14.1. The Balaban J connectivity index is 1.60. The predicted octanol–water partition coefficient (Wildman–Crippen LogP) is 3.20. The Labute approximate surface area is 220 Å². The van der Waals surface area contributed by atoms with E-state index in [2.05, 4.69) is 10.3 Å². The van der Waals surface area contributed by atoms with Crippen molar-refractivity contribution in [1.29, 1.82) is 0 Å².